The molecule has 1 atom stereocenters. The second-order valence-corrected chi connectivity index (χ2v) is 4.65. The van der Waals surface area contributed by atoms with Gasteiger partial charge in [0.1, 0.15) is 5.82 Å². The Morgan fingerprint density at radius 1 is 1.50 bits per heavy atom. The molecule has 0 radical (unpaired) electrons. The third kappa shape index (κ3) is 2.71. The smallest absolute Gasteiger partial charge is 0.129 e. The lowest BCUT2D eigenvalue weighted by atomic mass is 10.0. The number of hydrogen-bond acceptors (Lipinski definition) is 4. The fourth-order valence-electron chi connectivity index (χ4n) is 1.29. The van der Waals surface area contributed by atoms with Gasteiger partial charge < -0.3 is 15.1 Å². The Kier molecular flexibility index (Phi) is 3.88. The molecular weight excluding hydrogens is 204 g/mol. The van der Waals surface area contributed by atoms with Crippen LogP contribution in [0.4, 0.5) is 5.82 Å². The monoisotopic (exact) mass is 224 g/mol. The molecule has 0 fully saturated rings. The van der Waals surface area contributed by atoms with E-state index in [0.717, 1.165) is 11.4 Å². The van der Waals surface area contributed by atoms with Crippen molar-refractivity contribution < 1.29 is 10.2 Å². The van der Waals surface area contributed by atoms with Crippen LogP contribution in [0.25, 0.3) is 0 Å². The maximum Gasteiger partial charge on any atom is 0.129 e. The highest BCUT2D eigenvalue weighted by molar-refractivity contribution is 5.43. The summed E-state index contributed by atoms with van der Waals surface area (Å²) in [6, 6.07) is 3.62. The van der Waals surface area contributed by atoms with Crippen LogP contribution < -0.4 is 4.90 Å². The molecule has 0 aliphatic carbocycles. The quantitative estimate of drug-likeness (QED) is 0.810. The van der Waals surface area contributed by atoms with Crippen molar-refractivity contribution in [2.75, 3.05) is 18.6 Å². The summed E-state index contributed by atoms with van der Waals surface area (Å²) in [5.41, 5.74) is 0.454. The summed E-state index contributed by atoms with van der Waals surface area (Å²) in [4.78, 5) is 6.14. The summed E-state index contributed by atoms with van der Waals surface area (Å²) in [6.45, 7) is 5.63. The van der Waals surface area contributed by atoms with Gasteiger partial charge in [-0.3, -0.25) is 0 Å². The van der Waals surface area contributed by atoms with Gasteiger partial charge >= 0.3 is 0 Å². The molecule has 2 N–H and O–H groups in total. The highest BCUT2D eigenvalue weighted by Gasteiger charge is 2.23. The first-order valence-electron chi connectivity index (χ1n) is 5.37. The zero-order valence-corrected chi connectivity index (χ0v) is 10.3. The van der Waals surface area contributed by atoms with E-state index in [1.165, 1.54) is 0 Å². The third-order valence-corrected chi connectivity index (χ3v) is 2.89. The first kappa shape index (κ1) is 12.9. The average Bonchev–Trinajstić information content (AvgIpc) is 2.28. The third-order valence-electron chi connectivity index (χ3n) is 2.89. The van der Waals surface area contributed by atoms with Gasteiger partial charge in [-0.2, -0.15) is 0 Å². The van der Waals surface area contributed by atoms with Crippen LogP contribution in [0.1, 0.15) is 32.4 Å². The van der Waals surface area contributed by atoms with Crippen LogP contribution in [0.2, 0.25) is 0 Å². The maximum atomic E-state index is 9.49. The van der Waals surface area contributed by atoms with Crippen LogP contribution >= 0.6 is 0 Å². The van der Waals surface area contributed by atoms with Gasteiger partial charge in [0.05, 0.1) is 18.2 Å². The second-order valence-electron chi connectivity index (χ2n) is 4.65. The van der Waals surface area contributed by atoms with E-state index in [2.05, 4.69) is 4.98 Å². The zero-order valence-electron chi connectivity index (χ0n) is 10.3. The fourth-order valence-corrected chi connectivity index (χ4v) is 1.29. The van der Waals surface area contributed by atoms with Crippen LogP contribution in [0, 0.1) is 0 Å². The molecule has 1 rings (SSSR count). The van der Waals surface area contributed by atoms with E-state index in [1.54, 1.807) is 19.2 Å². The second kappa shape index (κ2) is 4.80. The lowest BCUT2D eigenvalue weighted by molar-refractivity contribution is 0.199. The number of likely N-dealkylation sites (N-methyl/N-ethyl adjacent to an activating group) is 1. The summed E-state index contributed by atoms with van der Waals surface area (Å²) in [5, 5.41) is 18.8. The van der Waals surface area contributed by atoms with Crippen molar-refractivity contribution in [1.82, 2.24) is 4.98 Å². The van der Waals surface area contributed by atoms with Crippen LogP contribution in [-0.4, -0.2) is 34.4 Å². The van der Waals surface area contributed by atoms with E-state index in [-0.39, 0.29) is 12.1 Å². The van der Waals surface area contributed by atoms with Gasteiger partial charge in [0.15, 0.2) is 0 Å². The van der Waals surface area contributed by atoms with Crippen molar-refractivity contribution in [2.45, 2.75) is 32.4 Å². The van der Waals surface area contributed by atoms with Crippen LogP contribution in [0.15, 0.2) is 18.3 Å². The molecule has 16 heavy (non-hydrogen) atoms. The summed E-state index contributed by atoms with van der Waals surface area (Å²) in [7, 11) is 1.88. The molecule has 0 amide bonds. The number of aliphatic hydroxyl groups is 2. The topological polar surface area (TPSA) is 56.6 Å². The average molecular weight is 224 g/mol. The summed E-state index contributed by atoms with van der Waals surface area (Å²) >= 11 is 0. The van der Waals surface area contributed by atoms with Gasteiger partial charge in [0, 0.05) is 13.2 Å². The highest BCUT2D eigenvalue weighted by Crippen LogP contribution is 2.22. The van der Waals surface area contributed by atoms with Gasteiger partial charge in [-0.25, -0.2) is 4.98 Å². The lowest BCUT2D eigenvalue weighted by Crippen LogP contribution is -2.44. The maximum absolute atomic E-state index is 9.49. The van der Waals surface area contributed by atoms with Gasteiger partial charge in [-0.05, 0) is 38.5 Å². The van der Waals surface area contributed by atoms with E-state index < -0.39 is 6.10 Å². The van der Waals surface area contributed by atoms with E-state index in [4.69, 9.17) is 0 Å². The number of rotatable bonds is 4. The van der Waals surface area contributed by atoms with Gasteiger partial charge in [0.25, 0.3) is 0 Å². The number of aliphatic hydroxyl groups excluding tert-OH is 2. The van der Waals surface area contributed by atoms with Gasteiger partial charge in [-0.15, -0.1) is 0 Å². The van der Waals surface area contributed by atoms with E-state index in [9.17, 15) is 10.2 Å². The van der Waals surface area contributed by atoms with Gasteiger partial charge in [-0.1, -0.05) is 0 Å². The van der Waals surface area contributed by atoms with E-state index in [0.29, 0.717) is 0 Å². The molecule has 0 saturated carbocycles. The Labute approximate surface area is 96.6 Å². The Hall–Kier alpha value is -1.13. The molecule has 1 unspecified atom stereocenters. The molecule has 0 aromatic carbocycles. The van der Waals surface area contributed by atoms with E-state index >= 15 is 0 Å². The van der Waals surface area contributed by atoms with Crippen molar-refractivity contribution >= 4 is 5.82 Å². The molecule has 4 heteroatoms. The largest absolute Gasteiger partial charge is 0.394 e. The zero-order chi connectivity index (χ0) is 12.3. The first-order valence-corrected chi connectivity index (χ1v) is 5.37. The van der Waals surface area contributed by atoms with Crippen molar-refractivity contribution in [2.24, 2.45) is 0 Å². The Morgan fingerprint density at radius 2 is 2.12 bits per heavy atom. The van der Waals surface area contributed by atoms with Crippen molar-refractivity contribution in [3.05, 3.63) is 23.9 Å². The summed E-state index contributed by atoms with van der Waals surface area (Å²) in [6.07, 6.45) is 1.16. The van der Waals surface area contributed by atoms with Gasteiger partial charge in [0.2, 0.25) is 0 Å². The van der Waals surface area contributed by atoms with Crippen molar-refractivity contribution in [1.29, 1.82) is 0 Å². The molecule has 0 bridgehead atoms. The molecule has 1 heterocycles. The number of pyridine rings is 1. The predicted octanol–water partition coefficient (Wildman–Crippen LogP) is 1.34. The molecule has 0 spiro atoms. The number of nitrogens with zero attached hydrogens (tertiary/aromatic N) is 2. The minimum atomic E-state index is -0.507. The fraction of sp³-hybridized carbons (Fsp3) is 0.583. The van der Waals surface area contributed by atoms with Crippen LogP contribution in [0.3, 0.4) is 0 Å². The Morgan fingerprint density at radius 3 is 2.62 bits per heavy atom. The minimum Gasteiger partial charge on any atom is -0.394 e. The lowest BCUT2D eigenvalue weighted by Gasteiger charge is -2.35. The van der Waals surface area contributed by atoms with E-state index in [1.807, 2.05) is 31.9 Å². The number of hydrogen-bond donors (Lipinski definition) is 2. The molecule has 1 aromatic rings. The minimum absolute atomic E-state index is 0.0457. The SMILES string of the molecule is CC(O)c1ccnc(N(C)C(C)(C)CO)c1. The molecule has 0 aliphatic rings. The summed E-state index contributed by atoms with van der Waals surface area (Å²) < 4.78 is 0. The molecular formula is C12H20N2O2. The normalized spacial score (nSPS) is 13.6. The molecule has 0 saturated heterocycles. The Balaban J connectivity index is 3.00. The number of anilines is 1. The van der Waals surface area contributed by atoms with Crippen LogP contribution in [0.5, 0.6) is 0 Å². The molecule has 0 aliphatic heterocycles. The van der Waals surface area contributed by atoms with Crippen molar-refractivity contribution in [3.8, 4) is 0 Å². The van der Waals surface area contributed by atoms with Crippen molar-refractivity contribution in [3.63, 3.8) is 0 Å². The standard InChI is InChI=1S/C12H20N2O2/c1-9(16)10-5-6-13-11(7-10)14(4)12(2,3)8-15/h5-7,9,15-16H,8H2,1-4H3. The summed E-state index contributed by atoms with van der Waals surface area (Å²) in [5.74, 6) is 0.748. The first-order chi connectivity index (χ1) is 7.38. The molecule has 4 nitrogen and oxygen atoms in total. The predicted molar refractivity (Wildman–Crippen MR) is 64.4 cm³/mol. The van der Waals surface area contributed by atoms with Crippen LogP contribution in [-0.2, 0) is 0 Å². The molecule has 1 aromatic heterocycles. The highest BCUT2D eigenvalue weighted by atomic mass is 16.3. The Bertz CT molecular complexity index is 351. The molecule has 90 valence electrons. The number of aromatic nitrogens is 1.